The van der Waals surface area contributed by atoms with Crippen LogP contribution in [0.3, 0.4) is 0 Å². The Labute approximate surface area is 232 Å². The highest BCUT2D eigenvalue weighted by Gasteiger charge is 2.40. The Kier molecular flexibility index (Phi) is 7.62. The first-order valence-electron chi connectivity index (χ1n) is 12.0. The fraction of sp³-hybridized carbons (Fsp3) is 0.417. The third kappa shape index (κ3) is 5.92. The maximum Gasteiger partial charge on any atom is 0.326 e. The van der Waals surface area contributed by atoms with Crippen LogP contribution in [-0.4, -0.2) is 77.2 Å². The number of thiophene rings is 1. The van der Waals surface area contributed by atoms with Crippen molar-refractivity contribution in [3.05, 3.63) is 46.7 Å². The van der Waals surface area contributed by atoms with Crippen molar-refractivity contribution in [3.8, 4) is 16.5 Å². The largest absolute Gasteiger partial charge is 0.480 e. The average Bonchev–Trinajstić information content (AvgIpc) is 3.55. The molecule has 0 aliphatic carbocycles. The molecule has 0 amide bonds. The number of hydrogen-bond donors (Lipinski definition) is 1. The van der Waals surface area contributed by atoms with Gasteiger partial charge in [0.15, 0.2) is 15.7 Å². The number of alkyl halides is 2. The number of pyridine rings is 1. The van der Waals surface area contributed by atoms with E-state index in [9.17, 15) is 27.1 Å². The molecule has 0 saturated carbocycles. The molecule has 2 aliphatic rings. The third-order valence-corrected chi connectivity index (χ3v) is 9.49. The number of nitrogens with zero attached hydrogens (tertiary/aromatic N) is 5. The number of aliphatic carboxylic acids is 1. The van der Waals surface area contributed by atoms with Crippen LogP contribution < -0.4 is 14.5 Å². The van der Waals surface area contributed by atoms with Crippen LogP contribution in [0.4, 0.5) is 20.3 Å². The lowest BCUT2D eigenvalue weighted by atomic mass is 10.2. The lowest BCUT2D eigenvalue weighted by molar-refractivity contribution is -0.138. The van der Waals surface area contributed by atoms with Gasteiger partial charge >= 0.3 is 5.97 Å². The zero-order chi connectivity index (χ0) is 27.9. The van der Waals surface area contributed by atoms with E-state index in [4.69, 9.17) is 16.3 Å². The molecule has 3 aromatic heterocycles. The summed E-state index contributed by atoms with van der Waals surface area (Å²) in [5.41, 5.74) is 0.770. The van der Waals surface area contributed by atoms with Crippen LogP contribution in [-0.2, 0) is 14.6 Å². The minimum atomic E-state index is -3.18. The highest BCUT2D eigenvalue weighted by molar-refractivity contribution is 7.91. The van der Waals surface area contributed by atoms with Gasteiger partial charge in [-0.25, -0.2) is 36.9 Å². The molecule has 0 aromatic carbocycles. The number of halogens is 3. The molecule has 3 atom stereocenters. The minimum absolute atomic E-state index is 0.0331. The molecule has 39 heavy (non-hydrogen) atoms. The molecule has 5 heterocycles. The Morgan fingerprint density at radius 2 is 2.08 bits per heavy atom. The van der Waals surface area contributed by atoms with Crippen LogP contribution in [0.15, 0.2) is 35.8 Å². The Balaban J connectivity index is 1.44. The highest BCUT2D eigenvalue weighted by atomic mass is 35.5. The van der Waals surface area contributed by atoms with Crippen LogP contribution >= 0.6 is 22.9 Å². The molecule has 0 spiro atoms. The fourth-order valence-corrected chi connectivity index (χ4v) is 7.24. The van der Waals surface area contributed by atoms with E-state index in [2.05, 4.69) is 15.0 Å². The molecule has 3 aromatic rings. The topological polar surface area (TPSA) is 126 Å². The van der Waals surface area contributed by atoms with Crippen molar-refractivity contribution in [1.29, 1.82) is 0 Å². The summed E-state index contributed by atoms with van der Waals surface area (Å²) in [6, 6.07) is 5.17. The van der Waals surface area contributed by atoms with Crippen LogP contribution in [0.5, 0.6) is 5.88 Å². The molecule has 15 heteroatoms. The second-order valence-corrected chi connectivity index (χ2v) is 13.0. The number of aromatic nitrogens is 3. The van der Waals surface area contributed by atoms with Crippen LogP contribution in [0.25, 0.3) is 10.6 Å². The second kappa shape index (κ2) is 10.8. The number of hydrogen-bond acceptors (Lipinski definition) is 10. The van der Waals surface area contributed by atoms with Gasteiger partial charge in [-0.2, -0.15) is 0 Å². The van der Waals surface area contributed by atoms with Crippen molar-refractivity contribution in [2.75, 3.05) is 34.4 Å². The van der Waals surface area contributed by atoms with Gasteiger partial charge in [0.2, 0.25) is 5.88 Å². The molecule has 2 saturated heterocycles. The van der Waals surface area contributed by atoms with E-state index in [0.717, 1.165) is 0 Å². The monoisotopic (exact) mass is 599 g/mol. The van der Waals surface area contributed by atoms with Gasteiger partial charge in [0, 0.05) is 31.3 Å². The Morgan fingerprint density at radius 3 is 2.74 bits per heavy atom. The first-order valence-corrected chi connectivity index (χ1v) is 15.1. The maximum atomic E-state index is 13.7. The first kappa shape index (κ1) is 27.5. The van der Waals surface area contributed by atoms with Crippen LogP contribution in [0, 0.1) is 0 Å². The number of carboxylic acids is 1. The smallest absolute Gasteiger partial charge is 0.326 e. The van der Waals surface area contributed by atoms with E-state index < -0.39 is 40.2 Å². The van der Waals surface area contributed by atoms with Crippen molar-refractivity contribution in [2.45, 2.75) is 38.0 Å². The fourth-order valence-electron chi connectivity index (χ4n) is 4.84. The number of rotatable bonds is 7. The molecular weight excluding hydrogens is 576 g/mol. The van der Waals surface area contributed by atoms with Crippen molar-refractivity contribution in [1.82, 2.24) is 15.0 Å². The lowest BCUT2D eigenvalue weighted by Crippen LogP contribution is -2.47. The van der Waals surface area contributed by atoms with E-state index in [0.29, 0.717) is 15.6 Å². The predicted octanol–water partition coefficient (Wildman–Crippen LogP) is 3.93. The molecule has 10 nitrogen and oxygen atoms in total. The standard InChI is InChI=1S/C24H24ClF2N5O5S2/c1-13-12-39(35,36)6-4-31(13)17-7-14(25)10-28-23(17)37-15-8-18(24(33)34)32(11-15)20-9-16(19-3-2-5-38-19)29-22(30-20)21(26)27/h2-3,5,7,9-10,13,15,18,21H,4,6,8,11-12H2,1H3,(H,33,34)/t13?,15-,18-/m0/s1. The molecule has 5 rings (SSSR count). The summed E-state index contributed by atoms with van der Waals surface area (Å²) >= 11 is 7.52. The molecule has 0 bridgehead atoms. The summed E-state index contributed by atoms with van der Waals surface area (Å²) in [6.07, 6.45) is -2.21. The molecule has 0 radical (unpaired) electrons. The first-order chi connectivity index (χ1) is 18.5. The number of carbonyl (C=O) groups is 1. The molecule has 2 fully saturated rings. The third-order valence-electron chi connectivity index (χ3n) is 6.60. The number of carboxylic acid groups (broad SMARTS) is 1. The zero-order valence-electron chi connectivity index (χ0n) is 20.6. The van der Waals surface area contributed by atoms with Crippen molar-refractivity contribution in [3.63, 3.8) is 0 Å². The number of ether oxygens (including phenoxy) is 1. The van der Waals surface area contributed by atoms with Gasteiger partial charge in [-0.05, 0) is 24.4 Å². The molecular formula is C24H24ClF2N5O5S2. The quantitative estimate of drug-likeness (QED) is 0.427. The van der Waals surface area contributed by atoms with E-state index in [1.807, 2.05) is 4.90 Å². The van der Waals surface area contributed by atoms with Crippen molar-refractivity contribution in [2.24, 2.45) is 0 Å². The minimum Gasteiger partial charge on any atom is -0.480 e. The van der Waals surface area contributed by atoms with E-state index >= 15 is 0 Å². The van der Waals surface area contributed by atoms with Crippen LogP contribution in [0.2, 0.25) is 5.02 Å². The summed E-state index contributed by atoms with van der Waals surface area (Å²) in [5.74, 6) is -1.69. The van der Waals surface area contributed by atoms with Gasteiger partial charge in [0.25, 0.3) is 6.43 Å². The number of anilines is 2. The van der Waals surface area contributed by atoms with E-state index in [1.165, 1.54) is 28.5 Å². The molecule has 2 aliphatic heterocycles. The predicted molar refractivity (Wildman–Crippen MR) is 143 cm³/mol. The maximum absolute atomic E-state index is 13.7. The van der Waals surface area contributed by atoms with Gasteiger partial charge in [0.1, 0.15) is 23.7 Å². The Morgan fingerprint density at radius 1 is 1.28 bits per heavy atom. The van der Waals surface area contributed by atoms with Gasteiger partial charge in [-0.3, -0.25) is 0 Å². The Hall–Kier alpha value is -3.10. The van der Waals surface area contributed by atoms with Crippen molar-refractivity contribution < 1.29 is 31.8 Å². The van der Waals surface area contributed by atoms with E-state index in [-0.39, 0.29) is 54.4 Å². The number of sulfone groups is 1. The summed E-state index contributed by atoms with van der Waals surface area (Å²) in [5, 5.41) is 12.1. The van der Waals surface area contributed by atoms with Gasteiger partial charge in [0.05, 0.1) is 33.6 Å². The normalized spacial score (nSPS) is 22.8. The van der Waals surface area contributed by atoms with Crippen molar-refractivity contribution >= 4 is 50.2 Å². The van der Waals surface area contributed by atoms with Gasteiger partial charge in [-0.1, -0.05) is 17.7 Å². The molecule has 1 N–H and O–H groups in total. The molecule has 208 valence electrons. The lowest BCUT2D eigenvalue weighted by Gasteiger charge is -2.35. The van der Waals surface area contributed by atoms with Gasteiger partial charge in [-0.15, -0.1) is 11.3 Å². The summed E-state index contributed by atoms with van der Waals surface area (Å²) in [7, 11) is -3.18. The zero-order valence-corrected chi connectivity index (χ0v) is 23.0. The summed E-state index contributed by atoms with van der Waals surface area (Å²) in [6.45, 7) is 2.04. The Bertz CT molecular complexity index is 1480. The second-order valence-electron chi connectivity index (χ2n) is 9.36. The SMILES string of the molecule is CC1CS(=O)(=O)CCN1c1cc(Cl)cnc1O[C@H]1C[C@@H](C(=O)O)N(c2cc(-c3cccs3)nc(C(F)F)n2)C1. The average molecular weight is 600 g/mol. The molecule has 1 unspecified atom stereocenters. The highest BCUT2D eigenvalue weighted by Crippen LogP contribution is 2.36. The van der Waals surface area contributed by atoms with Crippen LogP contribution in [0.1, 0.15) is 25.6 Å². The van der Waals surface area contributed by atoms with Gasteiger partial charge < -0.3 is 19.6 Å². The summed E-state index contributed by atoms with van der Waals surface area (Å²) in [4.78, 5) is 28.4. The van der Waals surface area contributed by atoms with E-state index in [1.54, 1.807) is 30.5 Å². The summed E-state index contributed by atoms with van der Waals surface area (Å²) < 4.78 is 57.7.